The molecule has 0 spiro atoms. The van der Waals surface area contributed by atoms with Crippen molar-refractivity contribution in [2.75, 3.05) is 13.2 Å². The first-order chi connectivity index (χ1) is 44.0. The minimum absolute atomic E-state index is 0.00446. The number of amides is 1. The van der Waals surface area contributed by atoms with Crippen molar-refractivity contribution in [3.05, 3.63) is 48.6 Å². The number of carbonyl (C=O) groups excluding carboxylic acids is 2. The lowest BCUT2D eigenvalue weighted by Gasteiger charge is -2.22. The molecule has 0 saturated carbocycles. The van der Waals surface area contributed by atoms with Gasteiger partial charge in [-0.25, -0.2) is 0 Å². The molecule has 0 heterocycles. The molecule has 0 aromatic rings. The summed E-state index contributed by atoms with van der Waals surface area (Å²) in [6, 6.07) is -0.541. The molecule has 0 aromatic heterocycles. The molecule has 2 atom stereocenters. The van der Waals surface area contributed by atoms with E-state index in [1.54, 1.807) is 0 Å². The maximum atomic E-state index is 12.6. The molecule has 1 amide bonds. The summed E-state index contributed by atoms with van der Waals surface area (Å²) in [6.45, 7) is 4.95. The highest BCUT2D eigenvalue weighted by Crippen LogP contribution is 2.20. The lowest BCUT2D eigenvalue weighted by atomic mass is 10.0. The number of hydrogen-bond donors (Lipinski definition) is 3. The van der Waals surface area contributed by atoms with Gasteiger partial charge in [0.2, 0.25) is 5.91 Å². The van der Waals surface area contributed by atoms with Crippen LogP contribution in [0.25, 0.3) is 0 Å². The molecule has 0 radical (unpaired) electrons. The predicted molar refractivity (Wildman–Crippen MR) is 393 cm³/mol. The summed E-state index contributed by atoms with van der Waals surface area (Å²) in [5, 5.41) is 23.5. The molecule has 6 heteroatoms. The zero-order valence-corrected chi connectivity index (χ0v) is 60.2. The van der Waals surface area contributed by atoms with Crippen LogP contribution < -0.4 is 5.32 Å². The number of esters is 1. The predicted octanol–water partition coefficient (Wildman–Crippen LogP) is 26.8. The van der Waals surface area contributed by atoms with Crippen molar-refractivity contribution in [1.82, 2.24) is 5.32 Å². The van der Waals surface area contributed by atoms with Crippen LogP contribution in [0, 0.1) is 0 Å². The third-order valence-corrected chi connectivity index (χ3v) is 18.9. The van der Waals surface area contributed by atoms with Crippen LogP contribution in [-0.2, 0) is 14.3 Å². The minimum Gasteiger partial charge on any atom is -0.466 e. The van der Waals surface area contributed by atoms with Crippen LogP contribution in [0.15, 0.2) is 48.6 Å². The van der Waals surface area contributed by atoms with Gasteiger partial charge in [-0.3, -0.25) is 9.59 Å². The molecular weight excluding hydrogens is 1090 g/mol. The molecule has 0 saturated heterocycles. The van der Waals surface area contributed by atoms with Crippen LogP contribution in [0.2, 0.25) is 0 Å². The van der Waals surface area contributed by atoms with Gasteiger partial charge in [-0.15, -0.1) is 0 Å². The highest BCUT2D eigenvalue weighted by molar-refractivity contribution is 5.76. The third kappa shape index (κ3) is 74.7. The normalized spacial score (nSPS) is 12.7. The summed E-state index contributed by atoms with van der Waals surface area (Å²) in [7, 11) is 0. The Morgan fingerprint density at radius 2 is 0.573 bits per heavy atom. The lowest BCUT2D eigenvalue weighted by Crippen LogP contribution is -2.45. The first-order valence-corrected chi connectivity index (χ1v) is 40.4. The third-order valence-electron chi connectivity index (χ3n) is 18.9. The van der Waals surface area contributed by atoms with Crippen molar-refractivity contribution < 1.29 is 24.5 Å². The number of aliphatic hydroxyl groups excluding tert-OH is 2. The van der Waals surface area contributed by atoms with Crippen LogP contribution in [-0.4, -0.2) is 47.4 Å². The maximum Gasteiger partial charge on any atom is 0.305 e. The van der Waals surface area contributed by atoms with Gasteiger partial charge in [-0.05, 0) is 83.5 Å². The van der Waals surface area contributed by atoms with E-state index in [9.17, 15) is 19.8 Å². The second-order valence-electron chi connectivity index (χ2n) is 27.7. The molecular formula is C83H157NO5. The molecule has 524 valence electrons. The smallest absolute Gasteiger partial charge is 0.305 e. The molecule has 89 heavy (non-hydrogen) atoms. The van der Waals surface area contributed by atoms with Gasteiger partial charge in [0.25, 0.3) is 0 Å². The van der Waals surface area contributed by atoms with Crippen LogP contribution in [0.1, 0.15) is 444 Å². The van der Waals surface area contributed by atoms with E-state index in [1.807, 2.05) is 0 Å². The van der Waals surface area contributed by atoms with Crippen LogP contribution in [0.4, 0.5) is 0 Å². The lowest BCUT2D eigenvalue weighted by molar-refractivity contribution is -0.143. The summed E-state index contributed by atoms with van der Waals surface area (Å²) < 4.78 is 5.49. The van der Waals surface area contributed by atoms with E-state index in [2.05, 4.69) is 67.8 Å². The molecule has 0 aliphatic rings. The van der Waals surface area contributed by atoms with E-state index in [0.717, 1.165) is 57.8 Å². The summed E-state index contributed by atoms with van der Waals surface area (Å²) in [6.07, 6.45) is 104. The van der Waals surface area contributed by atoms with Gasteiger partial charge in [-0.1, -0.05) is 396 Å². The van der Waals surface area contributed by atoms with Crippen molar-refractivity contribution in [3.8, 4) is 0 Å². The van der Waals surface area contributed by atoms with Gasteiger partial charge in [0.05, 0.1) is 25.4 Å². The SMILES string of the molecule is CCCC/C=C\C/C=C\CCCCCCCC(=O)OCCCCCCCCCCCCCCC/C=C\C/C=C\CCCCCCCCCCCCCCCCCCCC(=O)NC(CO)C(O)CCCCCCCCCCCCCCCCCCCCCCC. The van der Waals surface area contributed by atoms with Crippen LogP contribution in [0.5, 0.6) is 0 Å². The molecule has 0 fully saturated rings. The van der Waals surface area contributed by atoms with Crippen molar-refractivity contribution in [3.63, 3.8) is 0 Å². The topological polar surface area (TPSA) is 95.9 Å². The van der Waals surface area contributed by atoms with E-state index in [0.29, 0.717) is 25.9 Å². The average Bonchev–Trinajstić information content (AvgIpc) is 3.60. The van der Waals surface area contributed by atoms with Gasteiger partial charge in [0, 0.05) is 12.8 Å². The number of allylic oxidation sites excluding steroid dienone is 8. The molecule has 0 bridgehead atoms. The Kier molecular flexibility index (Phi) is 76.3. The van der Waals surface area contributed by atoms with Gasteiger partial charge in [0.1, 0.15) is 0 Å². The Hall–Kier alpha value is -2.18. The maximum absolute atomic E-state index is 12.6. The van der Waals surface area contributed by atoms with E-state index >= 15 is 0 Å². The molecule has 6 nitrogen and oxygen atoms in total. The Bertz CT molecular complexity index is 1490. The second-order valence-corrected chi connectivity index (χ2v) is 27.7. The fourth-order valence-electron chi connectivity index (χ4n) is 12.7. The Labute approximate surface area is 556 Å². The summed E-state index contributed by atoms with van der Waals surface area (Å²) in [4.78, 5) is 24.6. The molecule has 2 unspecified atom stereocenters. The fourth-order valence-corrected chi connectivity index (χ4v) is 12.7. The van der Waals surface area contributed by atoms with Crippen molar-refractivity contribution >= 4 is 11.9 Å². The number of ether oxygens (including phenoxy) is 1. The van der Waals surface area contributed by atoms with Gasteiger partial charge in [-0.2, -0.15) is 0 Å². The fraction of sp³-hybridized carbons (Fsp3) is 0.880. The molecule has 0 aliphatic heterocycles. The summed E-state index contributed by atoms with van der Waals surface area (Å²) >= 11 is 0. The van der Waals surface area contributed by atoms with Gasteiger partial charge < -0.3 is 20.3 Å². The van der Waals surface area contributed by atoms with Gasteiger partial charge >= 0.3 is 5.97 Å². The Morgan fingerprint density at radius 3 is 0.888 bits per heavy atom. The van der Waals surface area contributed by atoms with E-state index in [-0.39, 0.29) is 18.5 Å². The molecule has 0 aromatic carbocycles. The zero-order valence-electron chi connectivity index (χ0n) is 60.2. The Balaban J connectivity index is 3.37. The van der Waals surface area contributed by atoms with E-state index < -0.39 is 12.1 Å². The number of hydrogen-bond acceptors (Lipinski definition) is 5. The quantitative estimate of drug-likeness (QED) is 0.0320. The molecule has 0 rings (SSSR count). The Morgan fingerprint density at radius 1 is 0.315 bits per heavy atom. The van der Waals surface area contributed by atoms with Crippen molar-refractivity contribution in [1.29, 1.82) is 0 Å². The average molecular weight is 1250 g/mol. The summed E-state index contributed by atoms with van der Waals surface area (Å²) in [5.41, 5.74) is 0. The number of carbonyl (C=O) groups is 2. The largest absolute Gasteiger partial charge is 0.466 e. The highest BCUT2D eigenvalue weighted by atomic mass is 16.5. The van der Waals surface area contributed by atoms with Crippen molar-refractivity contribution in [2.24, 2.45) is 0 Å². The van der Waals surface area contributed by atoms with E-state index in [4.69, 9.17) is 4.74 Å². The number of aliphatic hydroxyl groups is 2. The monoisotopic (exact) mass is 1250 g/mol. The van der Waals surface area contributed by atoms with Crippen molar-refractivity contribution in [2.45, 2.75) is 456 Å². The van der Waals surface area contributed by atoms with Crippen LogP contribution in [0.3, 0.4) is 0 Å². The second kappa shape index (κ2) is 78.3. The summed E-state index contributed by atoms with van der Waals surface area (Å²) in [5.74, 6) is -0.0230. The van der Waals surface area contributed by atoms with E-state index in [1.165, 1.54) is 353 Å². The first-order valence-electron chi connectivity index (χ1n) is 40.4. The number of rotatable bonds is 76. The standard InChI is InChI=1S/C83H157NO5/c1-3-5-7-9-11-13-15-17-19-20-21-39-42-45-48-51-55-59-63-67-71-75-81(86)80(79-85)84-82(87)76-72-68-64-60-56-52-49-46-43-40-37-35-33-31-29-27-25-23-22-24-26-28-30-32-34-36-38-41-44-47-50-54-58-62-66-70-74-78-89-83(88)77-73-69-65-61-57-53-18-16-14-12-10-8-6-4-2/h10,12,16,18,22,24,28,30,80-81,85-86H,3-9,11,13-15,17,19-21,23,25-27,29,31-79H2,1-2H3,(H,84,87)/b12-10-,18-16-,24-22-,30-28-. The minimum atomic E-state index is -0.664. The zero-order chi connectivity index (χ0) is 64.2. The highest BCUT2D eigenvalue weighted by Gasteiger charge is 2.20. The van der Waals surface area contributed by atoms with Crippen LogP contribution >= 0.6 is 0 Å². The number of unbranched alkanes of at least 4 members (excludes halogenated alkanes) is 57. The first kappa shape index (κ1) is 86.8. The number of nitrogens with one attached hydrogen (secondary N) is 1. The van der Waals surface area contributed by atoms with Gasteiger partial charge in [0.15, 0.2) is 0 Å². The molecule has 0 aliphatic carbocycles. The molecule has 3 N–H and O–H groups in total.